The molecule has 1 unspecified atom stereocenters. The summed E-state index contributed by atoms with van der Waals surface area (Å²) in [6.07, 6.45) is 4.19. The molecule has 0 aliphatic rings. The van der Waals surface area contributed by atoms with E-state index >= 15 is 0 Å². The topological polar surface area (TPSA) is 22.1 Å². The maximum atomic E-state index is 5.75. The van der Waals surface area contributed by atoms with E-state index in [-0.39, 0.29) is 0 Å². The lowest BCUT2D eigenvalue weighted by Gasteiger charge is -2.14. The fourth-order valence-corrected chi connectivity index (χ4v) is 1.95. The van der Waals surface area contributed by atoms with Gasteiger partial charge in [0.15, 0.2) is 0 Å². The zero-order chi connectivity index (χ0) is 11.1. The van der Waals surface area contributed by atoms with Crippen molar-refractivity contribution in [2.45, 2.75) is 26.7 Å². The number of aromatic nitrogens is 1. The molecule has 0 aliphatic carbocycles. The van der Waals surface area contributed by atoms with E-state index in [0.29, 0.717) is 5.92 Å². The van der Waals surface area contributed by atoms with Gasteiger partial charge in [0, 0.05) is 17.4 Å². The van der Waals surface area contributed by atoms with Crippen LogP contribution in [0.2, 0.25) is 0 Å². The van der Waals surface area contributed by atoms with Crippen LogP contribution in [0.4, 0.5) is 0 Å². The third kappa shape index (κ3) is 4.20. The standard InChI is InChI=1S/C12H18BrNO/c1-3-5-11(8-13)9-15-12-6-4-7-14-10(12)2/h4,6-7,11H,3,5,8-9H2,1-2H3. The second kappa shape index (κ2) is 6.83. The van der Waals surface area contributed by atoms with E-state index in [2.05, 4.69) is 27.8 Å². The van der Waals surface area contributed by atoms with Gasteiger partial charge in [-0.15, -0.1) is 0 Å². The molecule has 1 aromatic heterocycles. The van der Waals surface area contributed by atoms with E-state index in [1.165, 1.54) is 12.8 Å². The first-order valence-corrected chi connectivity index (χ1v) is 6.50. The number of aryl methyl sites for hydroxylation is 1. The third-order valence-electron chi connectivity index (χ3n) is 2.35. The Morgan fingerprint density at radius 2 is 2.33 bits per heavy atom. The number of hydrogen-bond donors (Lipinski definition) is 0. The van der Waals surface area contributed by atoms with Crippen molar-refractivity contribution in [1.29, 1.82) is 0 Å². The van der Waals surface area contributed by atoms with Crippen molar-refractivity contribution in [3.8, 4) is 5.75 Å². The fraction of sp³-hybridized carbons (Fsp3) is 0.583. The van der Waals surface area contributed by atoms with Crippen molar-refractivity contribution >= 4 is 15.9 Å². The molecule has 2 nitrogen and oxygen atoms in total. The predicted octanol–water partition coefficient (Wildman–Crippen LogP) is 3.58. The lowest BCUT2D eigenvalue weighted by atomic mass is 10.1. The van der Waals surface area contributed by atoms with Crippen LogP contribution >= 0.6 is 15.9 Å². The van der Waals surface area contributed by atoms with E-state index < -0.39 is 0 Å². The van der Waals surface area contributed by atoms with Gasteiger partial charge in [-0.25, -0.2) is 0 Å². The molecule has 0 amide bonds. The summed E-state index contributed by atoms with van der Waals surface area (Å²) in [5, 5.41) is 1.00. The van der Waals surface area contributed by atoms with Crippen LogP contribution in [0.1, 0.15) is 25.5 Å². The number of halogens is 1. The first-order chi connectivity index (χ1) is 7.27. The maximum Gasteiger partial charge on any atom is 0.140 e. The molecule has 0 bridgehead atoms. The molecule has 3 heteroatoms. The van der Waals surface area contributed by atoms with Crippen LogP contribution in [0.15, 0.2) is 18.3 Å². The first kappa shape index (κ1) is 12.5. The molecule has 0 fully saturated rings. The average molecular weight is 272 g/mol. The second-order valence-corrected chi connectivity index (χ2v) is 4.35. The summed E-state index contributed by atoms with van der Waals surface area (Å²) >= 11 is 3.51. The van der Waals surface area contributed by atoms with Crippen molar-refractivity contribution < 1.29 is 4.74 Å². The van der Waals surface area contributed by atoms with E-state index in [4.69, 9.17) is 4.74 Å². The highest BCUT2D eigenvalue weighted by Gasteiger charge is 2.07. The largest absolute Gasteiger partial charge is 0.491 e. The van der Waals surface area contributed by atoms with Gasteiger partial charge in [0.2, 0.25) is 0 Å². The number of nitrogens with zero attached hydrogens (tertiary/aromatic N) is 1. The van der Waals surface area contributed by atoms with Gasteiger partial charge in [0.05, 0.1) is 12.3 Å². The van der Waals surface area contributed by atoms with E-state index in [1.54, 1.807) is 6.20 Å². The van der Waals surface area contributed by atoms with Gasteiger partial charge in [-0.1, -0.05) is 29.3 Å². The fourth-order valence-electron chi connectivity index (χ4n) is 1.44. The van der Waals surface area contributed by atoms with E-state index in [1.807, 2.05) is 19.1 Å². The molecule has 0 saturated carbocycles. The Kier molecular flexibility index (Phi) is 5.69. The quantitative estimate of drug-likeness (QED) is 0.738. The molecule has 0 saturated heterocycles. The van der Waals surface area contributed by atoms with Crippen molar-refractivity contribution in [3.05, 3.63) is 24.0 Å². The smallest absolute Gasteiger partial charge is 0.140 e. The number of hydrogen-bond acceptors (Lipinski definition) is 2. The molecular weight excluding hydrogens is 254 g/mol. The molecule has 0 spiro atoms. The number of alkyl halides is 1. The average Bonchev–Trinajstić information content (AvgIpc) is 2.26. The van der Waals surface area contributed by atoms with Crippen LogP contribution in [0.3, 0.4) is 0 Å². The summed E-state index contributed by atoms with van der Waals surface area (Å²) in [4.78, 5) is 4.19. The predicted molar refractivity (Wildman–Crippen MR) is 66.7 cm³/mol. The van der Waals surface area contributed by atoms with Crippen LogP contribution in [-0.4, -0.2) is 16.9 Å². The molecule has 84 valence electrons. The van der Waals surface area contributed by atoms with Gasteiger partial charge in [0.1, 0.15) is 5.75 Å². The summed E-state index contributed by atoms with van der Waals surface area (Å²) in [6, 6.07) is 3.88. The molecule has 1 heterocycles. The summed E-state index contributed by atoms with van der Waals surface area (Å²) < 4.78 is 5.75. The van der Waals surface area contributed by atoms with E-state index in [9.17, 15) is 0 Å². The number of rotatable bonds is 6. The summed E-state index contributed by atoms with van der Waals surface area (Å²) in [7, 11) is 0. The molecule has 0 aromatic carbocycles. The number of ether oxygens (including phenoxy) is 1. The van der Waals surface area contributed by atoms with Crippen LogP contribution < -0.4 is 4.74 Å². The highest BCUT2D eigenvalue weighted by Crippen LogP contribution is 2.17. The van der Waals surface area contributed by atoms with Gasteiger partial charge in [-0.3, -0.25) is 4.98 Å². The number of pyridine rings is 1. The van der Waals surface area contributed by atoms with Crippen LogP contribution in [0.25, 0.3) is 0 Å². The molecular formula is C12H18BrNO. The van der Waals surface area contributed by atoms with Crippen molar-refractivity contribution in [2.75, 3.05) is 11.9 Å². The maximum absolute atomic E-state index is 5.75. The summed E-state index contributed by atoms with van der Waals surface area (Å²) in [6.45, 7) is 4.94. The molecule has 0 aliphatic heterocycles. The molecule has 0 radical (unpaired) electrons. The summed E-state index contributed by atoms with van der Waals surface area (Å²) in [5.74, 6) is 1.49. The van der Waals surface area contributed by atoms with Gasteiger partial charge in [-0.2, -0.15) is 0 Å². The Balaban J connectivity index is 2.45. The molecule has 0 N–H and O–H groups in total. The monoisotopic (exact) mass is 271 g/mol. The SMILES string of the molecule is CCCC(CBr)COc1cccnc1C. The van der Waals surface area contributed by atoms with Crippen molar-refractivity contribution in [2.24, 2.45) is 5.92 Å². The minimum absolute atomic E-state index is 0.592. The third-order valence-corrected chi connectivity index (χ3v) is 3.26. The lowest BCUT2D eigenvalue weighted by molar-refractivity contribution is 0.252. The van der Waals surface area contributed by atoms with Crippen LogP contribution in [0, 0.1) is 12.8 Å². The van der Waals surface area contributed by atoms with Crippen LogP contribution in [0.5, 0.6) is 5.75 Å². The molecule has 1 atom stereocenters. The zero-order valence-corrected chi connectivity index (χ0v) is 11.0. The van der Waals surface area contributed by atoms with E-state index in [0.717, 1.165) is 23.4 Å². The Bertz CT molecular complexity index is 291. The lowest BCUT2D eigenvalue weighted by Crippen LogP contribution is -2.13. The minimum Gasteiger partial charge on any atom is -0.491 e. The van der Waals surface area contributed by atoms with Crippen molar-refractivity contribution in [3.63, 3.8) is 0 Å². The second-order valence-electron chi connectivity index (χ2n) is 3.71. The highest BCUT2D eigenvalue weighted by molar-refractivity contribution is 9.09. The van der Waals surface area contributed by atoms with Gasteiger partial charge >= 0.3 is 0 Å². The normalized spacial score (nSPS) is 12.5. The molecule has 1 rings (SSSR count). The summed E-state index contributed by atoms with van der Waals surface area (Å²) in [5.41, 5.74) is 0.960. The Hall–Kier alpha value is -0.570. The Morgan fingerprint density at radius 3 is 2.93 bits per heavy atom. The first-order valence-electron chi connectivity index (χ1n) is 5.38. The highest BCUT2D eigenvalue weighted by atomic mass is 79.9. The molecule has 1 aromatic rings. The Morgan fingerprint density at radius 1 is 1.53 bits per heavy atom. The van der Waals surface area contributed by atoms with Crippen LogP contribution in [-0.2, 0) is 0 Å². The van der Waals surface area contributed by atoms with Crippen molar-refractivity contribution in [1.82, 2.24) is 4.98 Å². The van der Waals surface area contributed by atoms with Gasteiger partial charge in [-0.05, 0) is 25.5 Å². The van der Waals surface area contributed by atoms with Gasteiger partial charge < -0.3 is 4.74 Å². The molecule has 15 heavy (non-hydrogen) atoms. The minimum atomic E-state index is 0.592. The zero-order valence-electron chi connectivity index (χ0n) is 9.37. The Labute approximate surface area is 100 Å². The van der Waals surface area contributed by atoms with Gasteiger partial charge in [0.25, 0.3) is 0 Å².